The first-order valence-corrected chi connectivity index (χ1v) is 8.79. The number of aromatic nitrogens is 1. The molecule has 4 heteroatoms. The molecule has 0 radical (unpaired) electrons. The Morgan fingerprint density at radius 1 is 1.04 bits per heavy atom. The van der Waals surface area contributed by atoms with Crippen molar-refractivity contribution >= 4 is 34.5 Å². The zero-order valence-corrected chi connectivity index (χ0v) is 14.6. The van der Waals surface area contributed by atoms with Crippen LogP contribution in [0.1, 0.15) is 22.3 Å². The van der Waals surface area contributed by atoms with Crippen LogP contribution in [-0.2, 0) is 0 Å². The van der Waals surface area contributed by atoms with Crippen molar-refractivity contribution in [2.45, 2.75) is 6.42 Å². The van der Waals surface area contributed by atoms with Crippen molar-refractivity contribution in [2.75, 3.05) is 13.1 Å². The molecule has 4 rings (SSSR count). The molecule has 1 aromatic heterocycles. The zero-order chi connectivity index (χ0) is 17.2. The van der Waals surface area contributed by atoms with Gasteiger partial charge in [0.05, 0.1) is 5.56 Å². The fourth-order valence-electron chi connectivity index (χ4n) is 3.36. The van der Waals surface area contributed by atoms with E-state index >= 15 is 0 Å². The summed E-state index contributed by atoms with van der Waals surface area (Å²) in [5.41, 5.74) is 3.14. The molecular formula is C21H18N2OS. The molecule has 2 heterocycles. The van der Waals surface area contributed by atoms with Crippen LogP contribution in [0.3, 0.4) is 0 Å². The summed E-state index contributed by atoms with van der Waals surface area (Å²) in [7, 11) is 0. The van der Waals surface area contributed by atoms with Crippen LogP contribution in [0.25, 0.3) is 16.3 Å². The molecule has 124 valence electrons. The number of H-pyrrole nitrogens is 1. The van der Waals surface area contributed by atoms with E-state index in [1.165, 1.54) is 21.9 Å². The molecule has 0 saturated heterocycles. The van der Waals surface area contributed by atoms with Gasteiger partial charge in [0.2, 0.25) is 0 Å². The third kappa shape index (κ3) is 3.01. The Balaban J connectivity index is 1.61. The summed E-state index contributed by atoms with van der Waals surface area (Å²) in [5, 5.41) is 2.51. The predicted octanol–water partition coefficient (Wildman–Crippen LogP) is 4.83. The number of hydrogen-bond acceptors (Lipinski definition) is 2. The molecule has 1 aliphatic rings. The summed E-state index contributed by atoms with van der Waals surface area (Å²) in [4.78, 5) is 17.5. The number of carbonyl (C=O) groups is 1. The van der Waals surface area contributed by atoms with Gasteiger partial charge in [-0.3, -0.25) is 4.79 Å². The van der Waals surface area contributed by atoms with E-state index in [9.17, 15) is 4.79 Å². The van der Waals surface area contributed by atoms with Crippen molar-refractivity contribution < 1.29 is 4.79 Å². The largest absolute Gasteiger partial charge is 0.352 e. The Bertz CT molecular complexity index is 1030. The lowest BCUT2D eigenvalue weighted by Crippen LogP contribution is -2.34. The lowest BCUT2D eigenvalue weighted by atomic mass is 9.94. The normalized spacial score (nSPS) is 14.4. The molecule has 1 amide bonds. The van der Waals surface area contributed by atoms with Gasteiger partial charge in [0.1, 0.15) is 4.64 Å². The summed E-state index contributed by atoms with van der Waals surface area (Å²) < 4.78 is 0.497. The van der Waals surface area contributed by atoms with Crippen molar-refractivity contribution in [3.05, 3.63) is 82.6 Å². The SMILES string of the molecule is O=C(c1ccc[nH]c1=S)N1CC=C(c2cccc3ccccc23)CC1. The minimum Gasteiger partial charge on any atom is -0.352 e. The standard InChI is InChI=1S/C21H18N2OS/c24-21(19-9-4-12-22-20(19)25)23-13-10-16(11-14-23)18-8-3-6-15-5-1-2-7-17(15)18/h1-10,12H,11,13-14H2,(H,22,25). The molecule has 0 bridgehead atoms. The quantitative estimate of drug-likeness (QED) is 0.675. The van der Waals surface area contributed by atoms with Gasteiger partial charge >= 0.3 is 0 Å². The van der Waals surface area contributed by atoms with Crippen molar-refractivity contribution in [3.8, 4) is 0 Å². The van der Waals surface area contributed by atoms with Gasteiger partial charge in [0.25, 0.3) is 5.91 Å². The van der Waals surface area contributed by atoms with Crippen LogP contribution in [0.15, 0.2) is 66.9 Å². The molecule has 3 aromatic rings. The Kier molecular flexibility index (Phi) is 4.20. The average molecular weight is 346 g/mol. The second kappa shape index (κ2) is 6.65. The van der Waals surface area contributed by atoms with Crippen LogP contribution < -0.4 is 0 Å². The Hall–Kier alpha value is -2.72. The van der Waals surface area contributed by atoms with E-state index in [0.29, 0.717) is 23.3 Å². The summed E-state index contributed by atoms with van der Waals surface area (Å²) in [5.74, 6) is -0.00457. The number of aromatic amines is 1. The monoisotopic (exact) mass is 346 g/mol. The fraction of sp³-hybridized carbons (Fsp3) is 0.143. The second-order valence-electron chi connectivity index (χ2n) is 6.17. The lowest BCUT2D eigenvalue weighted by Gasteiger charge is -2.27. The van der Waals surface area contributed by atoms with Gasteiger partial charge in [-0.05, 0) is 40.5 Å². The van der Waals surface area contributed by atoms with E-state index in [0.717, 1.165) is 6.42 Å². The maximum Gasteiger partial charge on any atom is 0.257 e. The summed E-state index contributed by atoms with van der Waals surface area (Å²) >= 11 is 5.23. The van der Waals surface area contributed by atoms with Crippen molar-refractivity contribution in [2.24, 2.45) is 0 Å². The van der Waals surface area contributed by atoms with Crippen molar-refractivity contribution in [1.29, 1.82) is 0 Å². The molecule has 3 nitrogen and oxygen atoms in total. The lowest BCUT2D eigenvalue weighted by molar-refractivity contribution is 0.0772. The topological polar surface area (TPSA) is 36.1 Å². The third-order valence-corrected chi connectivity index (χ3v) is 5.02. The van der Waals surface area contributed by atoms with Gasteiger partial charge in [-0.15, -0.1) is 0 Å². The third-order valence-electron chi connectivity index (χ3n) is 4.68. The first-order chi connectivity index (χ1) is 12.2. The van der Waals surface area contributed by atoms with Crippen LogP contribution in [0.4, 0.5) is 0 Å². The van der Waals surface area contributed by atoms with Gasteiger partial charge < -0.3 is 9.88 Å². The fourth-order valence-corrected chi connectivity index (χ4v) is 3.59. The Morgan fingerprint density at radius 2 is 1.88 bits per heavy atom. The Labute approximate surface area is 151 Å². The second-order valence-corrected chi connectivity index (χ2v) is 6.58. The first kappa shape index (κ1) is 15.8. The number of pyridine rings is 1. The number of fused-ring (bicyclic) bond motifs is 1. The van der Waals surface area contributed by atoms with E-state index in [1.807, 2.05) is 11.0 Å². The average Bonchev–Trinajstić information content (AvgIpc) is 2.67. The summed E-state index contributed by atoms with van der Waals surface area (Å²) in [6.45, 7) is 1.32. The van der Waals surface area contributed by atoms with Gasteiger partial charge in [-0.1, -0.05) is 60.8 Å². The van der Waals surface area contributed by atoms with Crippen LogP contribution in [0, 0.1) is 4.64 Å². The molecule has 0 aliphatic carbocycles. The number of hydrogen-bond donors (Lipinski definition) is 1. The van der Waals surface area contributed by atoms with E-state index < -0.39 is 0 Å². The number of nitrogens with zero attached hydrogens (tertiary/aromatic N) is 1. The van der Waals surface area contributed by atoms with Crippen molar-refractivity contribution in [3.63, 3.8) is 0 Å². The summed E-state index contributed by atoms with van der Waals surface area (Å²) in [6, 6.07) is 18.4. The highest BCUT2D eigenvalue weighted by Gasteiger charge is 2.20. The number of amides is 1. The molecular weight excluding hydrogens is 328 g/mol. The highest BCUT2D eigenvalue weighted by atomic mass is 32.1. The van der Waals surface area contributed by atoms with Crippen molar-refractivity contribution in [1.82, 2.24) is 9.88 Å². The highest BCUT2D eigenvalue weighted by molar-refractivity contribution is 7.71. The van der Waals surface area contributed by atoms with Gasteiger partial charge in [-0.25, -0.2) is 0 Å². The van der Waals surface area contributed by atoms with Crippen LogP contribution in [0.2, 0.25) is 0 Å². The van der Waals surface area contributed by atoms with Crippen LogP contribution in [-0.4, -0.2) is 28.9 Å². The molecule has 1 aliphatic heterocycles. The molecule has 1 N–H and O–H groups in total. The molecule has 0 atom stereocenters. The van der Waals surface area contributed by atoms with E-state index in [1.54, 1.807) is 12.3 Å². The number of nitrogens with one attached hydrogen (secondary N) is 1. The molecule has 0 saturated carbocycles. The highest BCUT2D eigenvalue weighted by Crippen LogP contribution is 2.29. The van der Waals surface area contributed by atoms with E-state index in [2.05, 4.69) is 53.5 Å². The van der Waals surface area contributed by atoms with E-state index in [-0.39, 0.29) is 5.91 Å². The molecule has 25 heavy (non-hydrogen) atoms. The number of benzene rings is 2. The number of rotatable bonds is 2. The smallest absolute Gasteiger partial charge is 0.257 e. The van der Waals surface area contributed by atoms with Gasteiger partial charge in [0.15, 0.2) is 0 Å². The molecule has 0 spiro atoms. The van der Waals surface area contributed by atoms with Crippen LogP contribution >= 0.6 is 12.2 Å². The minimum absolute atomic E-state index is 0.00457. The molecule has 0 unspecified atom stereocenters. The maximum absolute atomic E-state index is 12.7. The zero-order valence-electron chi connectivity index (χ0n) is 13.7. The molecule has 2 aromatic carbocycles. The van der Waals surface area contributed by atoms with E-state index in [4.69, 9.17) is 12.2 Å². The maximum atomic E-state index is 12.7. The Morgan fingerprint density at radius 3 is 2.68 bits per heavy atom. The van der Waals surface area contributed by atoms with Gasteiger partial charge in [-0.2, -0.15) is 0 Å². The first-order valence-electron chi connectivity index (χ1n) is 8.38. The molecule has 0 fully saturated rings. The van der Waals surface area contributed by atoms with Crippen LogP contribution in [0.5, 0.6) is 0 Å². The predicted molar refractivity (Wildman–Crippen MR) is 104 cm³/mol. The summed E-state index contributed by atoms with van der Waals surface area (Å²) in [6.07, 6.45) is 4.76. The minimum atomic E-state index is -0.00457. The number of carbonyl (C=O) groups excluding carboxylic acids is 1. The van der Waals surface area contributed by atoms with Gasteiger partial charge in [0, 0.05) is 19.3 Å².